The van der Waals surface area contributed by atoms with Gasteiger partial charge in [0.05, 0.1) is 0 Å². The number of benzene rings is 1. The molecule has 1 rings (SSSR count). The summed E-state index contributed by atoms with van der Waals surface area (Å²) in [6.07, 6.45) is 0.723. The van der Waals surface area contributed by atoms with Gasteiger partial charge < -0.3 is 0 Å². The number of carbonyl (C=O) groups excluding carboxylic acids is 3. The molecule has 0 N–H and O–H groups in total. The summed E-state index contributed by atoms with van der Waals surface area (Å²) in [4.78, 5) is 32.9. The minimum Gasteiger partial charge on any atom is -0.299 e. The minimum absolute atomic E-state index is 0.179. The lowest BCUT2D eigenvalue weighted by Gasteiger charge is -2.10. The van der Waals surface area contributed by atoms with Gasteiger partial charge in [0.15, 0.2) is 0 Å². The van der Waals surface area contributed by atoms with E-state index in [1.165, 1.54) is 13.8 Å². The van der Waals surface area contributed by atoms with Crippen LogP contribution in [-0.2, 0) is 9.59 Å². The molecule has 0 atom stereocenters. The quantitative estimate of drug-likeness (QED) is 0.554. The number of ketones is 2. The lowest BCUT2D eigenvalue weighted by Crippen LogP contribution is -2.16. The van der Waals surface area contributed by atoms with Gasteiger partial charge in [-0.25, -0.2) is 0 Å². The molecule has 0 aliphatic heterocycles. The first kappa shape index (κ1) is 11.3. The van der Waals surface area contributed by atoms with Crippen LogP contribution in [0.2, 0.25) is 0 Å². The van der Waals surface area contributed by atoms with Gasteiger partial charge in [-0.2, -0.15) is 0 Å². The van der Waals surface area contributed by atoms with Crippen LogP contribution in [0.1, 0.15) is 35.7 Å². The summed E-state index contributed by atoms with van der Waals surface area (Å²) < 4.78 is 0. The molecule has 0 bridgehead atoms. The number of aldehydes is 1. The van der Waals surface area contributed by atoms with Gasteiger partial charge in [-0.3, -0.25) is 14.4 Å². The van der Waals surface area contributed by atoms with Crippen LogP contribution >= 0.6 is 0 Å². The average Bonchev–Trinajstić information content (AvgIpc) is 2.18. The molecule has 0 saturated heterocycles. The van der Waals surface area contributed by atoms with Crippen LogP contribution in [-0.4, -0.2) is 17.9 Å². The van der Waals surface area contributed by atoms with Gasteiger partial charge >= 0.3 is 0 Å². The van der Waals surface area contributed by atoms with E-state index in [0.717, 1.165) is 6.29 Å². The van der Waals surface area contributed by atoms with E-state index in [0.29, 0.717) is 11.1 Å². The summed E-state index contributed by atoms with van der Waals surface area (Å²) in [5.41, 5.74) is 1.17. The Hall–Kier alpha value is -1.77. The Bertz CT molecular complexity index is 376. The van der Waals surface area contributed by atoms with Gasteiger partial charge in [0, 0.05) is 5.56 Å². The minimum atomic E-state index is -0.703. The highest BCUT2D eigenvalue weighted by Crippen LogP contribution is 2.18. The fourth-order valence-corrected chi connectivity index (χ4v) is 1.52. The first-order valence-electron chi connectivity index (χ1n) is 4.62. The second-order valence-electron chi connectivity index (χ2n) is 3.44. The van der Waals surface area contributed by atoms with Crippen LogP contribution in [0.4, 0.5) is 0 Å². The van der Waals surface area contributed by atoms with Crippen LogP contribution in [0.5, 0.6) is 0 Å². The fraction of sp³-hybridized carbons (Fsp3) is 0.250. The van der Waals surface area contributed by atoms with Crippen molar-refractivity contribution in [2.24, 2.45) is 0 Å². The van der Waals surface area contributed by atoms with Crippen molar-refractivity contribution in [1.29, 1.82) is 0 Å². The Balaban J connectivity index is 3.07. The first-order valence-corrected chi connectivity index (χ1v) is 4.62. The molecular weight excluding hydrogens is 192 g/mol. The zero-order valence-electron chi connectivity index (χ0n) is 8.69. The molecule has 3 heteroatoms. The summed E-state index contributed by atoms with van der Waals surface area (Å²) in [6, 6.07) is 6.47. The zero-order chi connectivity index (χ0) is 11.4. The molecule has 1 aromatic carbocycles. The molecule has 0 aromatic heterocycles. The first-order chi connectivity index (χ1) is 7.06. The maximum absolute atomic E-state index is 11.2. The summed E-state index contributed by atoms with van der Waals surface area (Å²) in [6.45, 7) is 2.78. The monoisotopic (exact) mass is 204 g/mol. The third-order valence-electron chi connectivity index (χ3n) is 2.22. The van der Waals surface area contributed by atoms with E-state index in [1.54, 1.807) is 24.3 Å². The Morgan fingerprint density at radius 3 is 1.87 bits per heavy atom. The van der Waals surface area contributed by atoms with Crippen LogP contribution in [0.25, 0.3) is 0 Å². The van der Waals surface area contributed by atoms with Crippen molar-refractivity contribution in [1.82, 2.24) is 0 Å². The lowest BCUT2D eigenvalue weighted by molar-refractivity contribution is -0.126. The molecule has 0 aliphatic carbocycles. The highest BCUT2D eigenvalue weighted by atomic mass is 16.1. The van der Waals surface area contributed by atoms with Gasteiger partial charge in [0.1, 0.15) is 23.8 Å². The predicted molar refractivity (Wildman–Crippen MR) is 55.9 cm³/mol. The van der Waals surface area contributed by atoms with Crippen LogP contribution in [0, 0.1) is 0 Å². The molecule has 0 spiro atoms. The van der Waals surface area contributed by atoms with E-state index in [1.807, 2.05) is 0 Å². The molecule has 78 valence electrons. The predicted octanol–water partition coefficient (Wildman–Crippen LogP) is 1.76. The Morgan fingerprint density at radius 1 is 1.07 bits per heavy atom. The molecule has 0 saturated carbocycles. The molecule has 3 nitrogen and oxygen atoms in total. The Labute approximate surface area is 88.1 Å². The van der Waals surface area contributed by atoms with E-state index in [4.69, 9.17) is 0 Å². The van der Waals surface area contributed by atoms with Gasteiger partial charge in [-0.1, -0.05) is 24.3 Å². The van der Waals surface area contributed by atoms with E-state index in [9.17, 15) is 14.4 Å². The fourth-order valence-electron chi connectivity index (χ4n) is 1.52. The van der Waals surface area contributed by atoms with Crippen molar-refractivity contribution in [3.05, 3.63) is 35.4 Å². The third-order valence-corrected chi connectivity index (χ3v) is 2.22. The van der Waals surface area contributed by atoms with Crippen molar-refractivity contribution >= 4 is 17.9 Å². The highest BCUT2D eigenvalue weighted by molar-refractivity contribution is 6.05. The lowest BCUT2D eigenvalue weighted by atomic mass is 9.91. The number of hydrogen-bond donors (Lipinski definition) is 0. The topological polar surface area (TPSA) is 51.2 Å². The number of rotatable bonds is 4. The van der Waals surface area contributed by atoms with Crippen molar-refractivity contribution in [3.8, 4) is 0 Å². The molecule has 0 radical (unpaired) electrons. The normalized spacial score (nSPS) is 10.1. The van der Waals surface area contributed by atoms with E-state index in [2.05, 4.69) is 0 Å². The van der Waals surface area contributed by atoms with Crippen molar-refractivity contribution in [3.63, 3.8) is 0 Å². The van der Waals surface area contributed by atoms with Gasteiger partial charge in [-0.15, -0.1) is 0 Å². The Morgan fingerprint density at radius 2 is 1.53 bits per heavy atom. The molecule has 1 aromatic rings. The maximum atomic E-state index is 11.2. The van der Waals surface area contributed by atoms with Gasteiger partial charge in [-0.05, 0) is 19.4 Å². The maximum Gasteiger partial charge on any atom is 0.150 e. The summed E-state index contributed by atoms with van der Waals surface area (Å²) in [7, 11) is 0. The van der Waals surface area contributed by atoms with Gasteiger partial charge in [0.25, 0.3) is 0 Å². The standard InChI is InChI=1S/C12H12O3/c1-8(14)12(9(2)15)11-5-3-10(7-13)4-6-11/h3-7,12H,1-2H3. The van der Waals surface area contributed by atoms with E-state index < -0.39 is 5.92 Å². The molecular formula is C12H12O3. The highest BCUT2D eigenvalue weighted by Gasteiger charge is 2.21. The second kappa shape index (κ2) is 4.64. The third kappa shape index (κ3) is 2.59. The zero-order valence-corrected chi connectivity index (χ0v) is 8.69. The summed E-state index contributed by atoms with van der Waals surface area (Å²) in [5.74, 6) is -1.06. The SMILES string of the molecule is CC(=O)C(C(C)=O)c1ccc(C=O)cc1. The number of carbonyl (C=O) groups is 3. The van der Waals surface area contributed by atoms with Crippen molar-refractivity contribution < 1.29 is 14.4 Å². The summed E-state index contributed by atoms with van der Waals surface area (Å²) in [5, 5.41) is 0. The van der Waals surface area contributed by atoms with E-state index >= 15 is 0 Å². The van der Waals surface area contributed by atoms with Gasteiger partial charge in [0.2, 0.25) is 0 Å². The Kier molecular flexibility index (Phi) is 3.50. The average molecular weight is 204 g/mol. The number of hydrogen-bond acceptors (Lipinski definition) is 3. The smallest absolute Gasteiger partial charge is 0.150 e. The molecule has 0 fully saturated rings. The summed E-state index contributed by atoms with van der Waals surface area (Å²) >= 11 is 0. The molecule has 0 heterocycles. The second-order valence-corrected chi connectivity index (χ2v) is 3.44. The molecule has 0 unspecified atom stereocenters. The van der Waals surface area contributed by atoms with Crippen LogP contribution in [0.15, 0.2) is 24.3 Å². The van der Waals surface area contributed by atoms with Crippen molar-refractivity contribution in [2.45, 2.75) is 19.8 Å². The van der Waals surface area contributed by atoms with Crippen molar-refractivity contribution in [2.75, 3.05) is 0 Å². The van der Waals surface area contributed by atoms with E-state index in [-0.39, 0.29) is 11.6 Å². The molecule has 0 amide bonds. The molecule has 15 heavy (non-hydrogen) atoms. The molecule has 0 aliphatic rings. The largest absolute Gasteiger partial charge is 0.299 e. The van der Waals surface area contributed by atoms with Crippen LogP contribution in [0.3, 0.4) is 0 Å². The van der Waals surface area contributed by atoms with Crippen LogP contribution < -0.4 is 0 Å². The number of Topliss-reactive ketones (excluding diaryl/α,β-unsaturated/α-hetero) is 2.